The molecule has 0 atom stereocenters. The molecule has 0 spiro atoms. The third kappa shape index (κ3) is 5.61. The van der Waals surface area contributed by atoms with Crippen LogP contribution in [-0.2, 0) is 13.1 Å². The Bertz CT molecular complexity index is 422. The Morgan fingerprint density at radius 1 is 1.20 bits per heavy atom. The number of rotatable bonds is 7. The summed E-state index contributed by atoms with van der Waals surface area (Å²) in [4.78, 5) is 6.82. The largest absolute Gasteiger partial charge is 0.370 e. The van der Waals surface area contributed by atoms with Crippen LogP contribution < -0.4 is 11.1 Å². The number of nitrogens with two attached hydrogens (primary N) is 1. The van der Waals surface area contributed by atoms with E-state index in [0.717, 1.165) is 19.6 Å². The van der Waals surface area contributed by atoms with E-state index in [-0.39, 0.29) is 0 Å². The van der Waals surface area contributed by atoms with E-state index in [1.54, 1.807) is 0 Å². The molecule has 0 unspecified atom stereocenters. The minimum absolute atomic E-state index is 0.310. The molecule has 4 nitrogen and oxygen atoms in total. The Hall–Kier alpha value is -1.55. The summed E-state index contributed by atoms with van der Waals surface area (Å²) >= 11 is 0. The number of nitrogens with one attached hydrogen (secondary N) is 1. The Kier molecular flexibility index (Phi) is 7.09. The highest BCUT2D eigenvalue weighted by Gasteiger charge is 2.06. The number of hydrogen-bond donors (Lipinski definition) is 2. The van der Waals surface area contributed by atoms with Gasteiger partial charge in [-0.15, -0.1) is 0 Å². The number of hydrogen-bond acceptors (Lipinski definition) is 2. The third-order valence-electron chi connectivity index (χ3n) is 3.26. The summed E-state index contributed by atoms with van der Waals surface area (Å²) in [6, 6.07) is 8.76. The molecule has 0 amide bonds. The van der Waals surface area contributed by atoms with Crippen LogP contribution in [0.15, 0.2) is 29.3 Å². The first-order valence-electron chi connectivity index (χ1n) is 7.42. The quantitative estimate of drug-likeness (QED) is 0.594. The van der Waals surface area contributed by atoms with Crippen molar-refractivity contribution >= 4 is 5.96 Å². The van der Waals surface area contributed by atoms with Crippen LogP contribution in [0.2, 0.25) is 0 Å². The molecule has 3 N–H and O–H groups in total. The van der Waals surface area contributed by atoms with Crippen LogP contribution in [0.5, 0.6) is 0 Å². The van der Waals surface area contributed by atoms with Crippen LogP contribution >= 0.6 is 0 Å². The maximum absolute atomic E-state index is 5.85. The van der Waals surface area contributed by atoms with Crippen LogP contribution in [0.1, 0.15) is 38.8 Å². The minimum Gasteiger partial charge on any atom is -0.370 e. The lowest BCUT2D eigenvalue weighted by Gasteiger charge is -2.19. The summed E-state index contributed by atoms with van der Waals surface area (Å²) in [5.74, 6) is 0.512. The van der Waals surface area contributed by atoms with Gasteiger partial charge in [-0.05, 0) is 38.1 Å². The fourth-order valence-electron chi connectivity index (χ4n) is 2.07. The number of aliphatic imine (C=N–C) groups is 1. The molecule has 0 aliphatic rings. The van der Waals surface area contributed by atoms with E-state index in [4.69, 9.17) is 5.73 Å². The van der Waals surface area contributed by atoms with Crippen molar-refractivity contribution in [1.29, 1.82) is 0 Å². The average molecular weight is 276 g/mol. The molecule has 0 radical (unpaired) electrons. The maximum atomic E-state index is 5.85. The van der Waals surface area contributed by atoms with Gasteiger partial charge >= 0.3 is 0 Å². The summed E-state index contributed by atoms with van der Waals surface area (Å²) in [5.41, 5.74) is 8.43. The standard InChI is InChI=1S/C16H28N4/c1-5-20(6-2)12-15-10-8-7-9-14(15)11-18-16(17)19-13(3)4/h7-10,13H,5-6,11-12H2,1-4H3,(H3,17,18,19). The first-order chi connectivity index (χ1) is 9.56. The molecule has 0 aromatic heterocycles. The van der Waals surface area contributed by atoms with Crippen LogP contribution in [0.25, 0.3) is 0 Å². The summed E-state index contributed by atoms with van der Waals surface area (Å²) in [7, 11) is 0. The Morgan fingerprint density at radius 3 is 2.35 bits per heavy atom. The lowest BCUT2D eigenvalue weighted by atomic mass is 10.1. The van der Waals surface area contributed by atoms with Crippen molar-refractivity contribution in [2.45, 2.75) is 46.8 Å². The van der Waals surface area contributed by atoms with Gasteiger partial charge in [-0.3, -0.25) is 4.90 Å². The van der Waals surface area contributed by atoms with Crippen molar-refractivity contribution in [2.75, 3.05) is 13.1 Å². The molecular formula is C16H28N4. The second kappa shape index (κ2) is 8.59. The molecule has 0 saturated carbocycles. The van der Waals surface area contributed by atoms with Crippen LogP contribution in [-0.4, -0.2) is 30.0 Å². The van der Waals surface area contributed by atoms with Gasteiger partial charge in [-0.1, -0.05) is 38.1 Å². The highest BCUT2D eigenvalue weighted by molar-refractivity contribution is 5.78. The van der Waals surface area contributed by atoms with Crippen LogP contribution in [0, 0.1) is 0 Å². The van der Waals surface area contributed by atoms with Gasteiger partial charge in [0.1, 0.15) is 0 Å². The SMILES string of the molecule is CCN(CC)Cc1ccccc1CN=C(N)NC(C)C. The molecule has 1 rings (SSSR count). The second-order valence-electron chi connectivity index (χ2n) is 5.23. The zero-order valence-corrected chi connectivity index (χ0v) is 13.2. The zero-order valence-electron chi connectivity index (χ0n) is 13.2. The molecule has 0 heterocycles. The summed E-state index contributed by atoms with van der Waals surface area (Å²) in [6.07, 6.45) is 0. The average Bonchev–Trinajstić information content (AvgIpc) is 2.42. The Labute approximate surface area is 123 Å². The van der Waals surface area contributed by atoms with Crippen molar-refractivity contribution in [3.05, 3.63) is 35.4 Å². The lowest BCUT2D eigenvalue weighted by molar-refractivity contribution is 0.295. The zero-order chi connectivity index (χ0) is 15.0. The molecule has 0 saturated heterocycles. The van der Waals surface area contributed by atoms with Crippen molar-refractivity contribution in [3.63, 3.8) is 0 Å². The van der Waals surface area contributed by atoms with Gasteiger partial charge in [0.15, 0.2) is 5.96 Å². The molecule has 1 aromatic carbocycles. The molecule has 20 heavy (non-hydrogen) atoms. The van der Waals surface area contributed by atoms with Gasteiger partial charge < -0.3 is 11.1 Å². The van der Waals surface area contributed by atoms with E-state index in [2.05, 4.69) is 67.2 Å². The highest BCUT2D eigenvalue weighted by atomic mass is 15.1. The van der Waals surface area contributed by atoms with Crippen molar-refractivity contribution in [2.24, 2.45) is 10.7 Å². The predicted octanol–water partition coefficient (Wildman–Crippen LogP) is 2.34. The maximum Gasteiger partial charge on any atom is 0.189 e. The number of nitrogens with zero attached hydrogens (tertiary/aromatic N) is 2. The van der Waals surface area contributed by atoms with Gasteiger partial charge in [0.25, 0.3) is 0 Å². The third-order valence-corrected chi connectivity index (χ3v) is 3.26. The topological polar surface area (TPSA) is 53.6 Å². The second-order valence-corrected chi connectivity index (χ2v) is 5.23. The van der Waals surface area contributed by atoms with E-state index >= 15 is 0 Å². The van der Waals surface area contributed by atoms with E-state index in [9.17, 15) is 0 Å². The molecule has 1 aromatic rings. The normalized spacial score (nSPS) is 12.2. The number of benzene rings is 1. The van der Waals surface area contributed by atoms with Gasteiger partial charge in [-0.2, -0.15) is 0 Å². The van der Waals surface area contributed by atoms with Gasteiger partial charge in [0, 0.05) is 12.6 Å². The summed E-state index contributed by atoms with van der Waals surface area (Å²) < 4.78 is 0. The van der Waals surface area contributed by atoms with Crippen molar-refractivity contribution in [3.8, 4) is 0 Å². The predicted molar refractivity (Wildman–Crippen MR) is 86.7 cm³/mol. The molecule has 4 heteroatoms. The fraction of sp³-hybridized carbons (Fsp3) is 0.562. The van der Waals surface area contributed by atoms with Crippen molar-refractivity contribution < 1.29 is 0 Å². The molecule has 0 bridgehead atoms. The molecular weight excluding hydrogens is 248 g/mol. The monoisotopic (exact) mass is 276 g/mol. The Balaban J connectivity index is 2.75. The summed E-state index contributed by atoms with van der Waals surface area (Å²) in [5, 5.41) is 3.11. The van der Waals surface area contributed by atoms with Gasteiger partial charge in [0.2, 0.25) is 0 Å². The van der Waals surface area contributed by atoms with Gasteiger partial charge in [-0.25, -0.2) is 4.99 Å². The molecule has 112 valence electrons. The first-order valence-corrected chi connectivity index (χ1v) is 7.42. The first kappa shape index (κ1) is 16.5. The summed E-state index contributed by atoms with van der Waals surface area (Å²) in [6.45, 7) is 12.2. The molecule has 0 fully saturated rings. The number of guanidine groups is 1. The van der Waals surface area contributed by atoms with E-state index < -0.39 is 0 Å². The molecule has 0 aliphatic heterocycles. The van der Waals surface area contributed by atoms with E-state index in [1.165, 1.54) is 11.1 Å². The van der Waals surface area contributed by atoms with Crippen LogP contribution in [0.4, 0.5) is 0 Å². The molecule has 0 aliphatic carbocycles. The highest BCUT2D eigenvalue weighted by Crippen LogP contribution is 2.12. The van der Waals surface area contributed by atoms with Gasteiger partial charge in [0.05, 0.1) is 6.54 Å². The fourth-order valence-corrected chi connectivity index (χ4v) is 2.07. The minimum atomic E-state index is 0.310. The lowest BCUT2D eigenvalue weighted by Crippen LogP contribution is -2.36. The smallest absolute Gasteiger partial charge is 0.189 e. The van der Waals surface area contributed by atoms with E-state index in [0.29, 0.717) is 18.5 Å². The van der Waals surface area contributed by atoms with Crippen LogP contribution in [0.3, 0.4) is 0 Å². The Morgan fingerprint density at radius 2 is 1.80 bits per heavy atom. The van der Waals surface area contributed by atoms with Crippen molar-refractivity contribution in [1.82, 2.24) is 10.2 Å². The van der Waals surface area contributed by atoms with E-state index in [1.807, 2.05) is 0 Å².